The SMILES string of the molecule is CCC[C@H](NC(=O)NC(c1cccs1)C(C)C)C(=O)O. The first-order valence-electron chi connectivity index (χ1n) is 6.79. The summed E-state index contributed by atoms with van der Waals surface area (Å²) in [7, 11) is 0. The van der Waals surface area contributed by atoms with Crippen LogP contribution >= 0.6 is 11.3 Å². The zero-order valence-corrected chi connectivity index (χ0v) is 12.9. The van der Waals surface area contributed by atoms with Crippen LogP contribution in [-0.4, -0.2) is 23.1 Å². The highest BCUT2D eigenvalue weighted by atomic mass is 32.1. The lowest BCUT2D eigenvalue weighted by molar-refractivity contribution is -0.139. The third-order valence-electron chi connectivity index (χ3n) is 2.98. The van der Waals surface area contributed by atoms with Crippen molar-refractivity contribution < 1.29 is 14.7 Å². The molecule has 0 aliphatic rings. The largest absolute Gasteiger partial charge is 0.480 e. The van der Waals surface area contributed by atoms with Gasteiger partial charge in [-0.1, -0.05) is 33.3 Å². The zero-order valence-electron chi connectivity index (χ0n) is 12.1. The number of thiophene rings is 1. The number of hydrogen-bond donors (Lipinski definition) is 3. The number of amides is 2. The lowest BCUT2D eigenvalue weighted by atomic mass is 10.0. The summed E-state index contributed by atoms with van der Waals surface area (Å²) in [6, 6.07) is 2.53. The molecule has 3 N–H and O–H groups in total. The molecule has 0 aromatic carbocycles. The van der Waals surface area contributed by atoms with E-state index in [-0.39, 0.29) is 12.0 Å². The van der Waals surface area contributed by atoms with Crippen molar-refractivity contribution in [1.29, 1.82) is 0 Å². The maximum atomic E-state index is 12.0. The fourth-order valence-corrected chi connectivity index (χ4v) is 2.87. The van der Waals surface area contributed by atoms with Crippen LogP contribution in [0, 0.1) is 5.92 Å². The first kappa shape index (κ1) is 16.5. The Labute approximate surface area is 123 Å². The van der Waals surface area contributed by atoms with Crippen LogP contribution < -0.4 is 10.6 Å². The molecule has 0 aliphatic carbocycles. The molecule has 20 heavy (non-hydrogen) atoms. The highest BCUT2D eigenvalue weighted by Crippen LogP contribution is 2.25. The Morgan fingerprint density at radius 2 is 2.05 bits per heavy atom. The monoisotopic (exact) mass is 298 g/mol. The highest BCUT2D eigenvalue weighted by molar-refractivity contribution is 7.10. The maximum Gasteiger partial charge on any atom is 0.326 e. The Hall–Kier alpha value is -1.56. The van der Waals surface area contributed by atoms with Gasteiger partial charge in [-0.25, -0.2) is 9.59 Å². The lowest BCUT2D eigenvalue weighted by Gasteiger charge is -2.23. The van der Waals surface area contributed by atoms with Gasteiger partial charge < -0.3 is 15.7 Å². The molecule has 5 nitrogen and oxygen atoms in total. The average molecular weight is 298 g/mol. The number of carboxylic acids is 1. The smallest absolute Gasteiger partial charge is 0.326 e. The molecule has 0 bridgehead atoms. The van der Waals surface area contributed by atoms with Crippen LogP contribution in [0.5, 0.6) is 0 Å². The number of rotatable bonds is 7. The summed E-state index contributed by atoms with van der Waals surface area (Å²) in [4.78, 5) is 24.1. The average Bonchev–Trinajstić information content (AvgIpc) is 2.88. The Bertz CT molecular complexity index is 432. The van der Waals surface area contributed by atoms with Crippen LogP contribution in [0.15, 0.2) is 17.5 Å². The summed E-state index contributed by atoms with van der Waals surface area (Å²) in [5.41, 5.74) is 0. The summed E-state index contributed by atoms with van der Waals surface area (Å²) in [5.74, 6) is -0.770. The fourth-order valence-electron chi connectivity index (χ4n) is 1.92. The van der Waals surface area contributed by atoms with Crippen molar-refractivity contribution in [3.63, 3.8) is 0 Å². The van der Waals surface area contributed by atoms with Gasteiger partial charge in [0.05, 0.1) is 6.04 Å². The summed E-state index contributed by atoms with van der Waals surface area (Å²) < 4.78 is 0. The van der Waals surface area contributed by atoms with E-state index in [1.54, 1.807) is 11.3 Å². The van der Waals surface area contributed by atoms with E-state index >= 15 is 0 Å². The summed E-state index contributed by atoms with van der Waals surface area (Å²) in [6.45, 7) is 5.93. The van der Waals surface area contributed by atoms with Gasteiger partial charge in [-0.15, -0.1) is 11.3 Å². The number of carbonyl (C=O) groups is 2. The number of aliphatic carboxylic acids is 1. The van der Waals surface area contributed by atoms with Crippen LogP contribution in [0.1, 0.15) is 44.5 Å². The molecule has 0 radical (unpaired) electrons. The molecule has 112 valence electrons. The van der Waals surface area contributed by atoms with Crippen molar-refractivity contribution in [2.45, 2.75) is 45.7 Å². The molecule has 1 heterocycles. The summed E-state index contributed by atoms with van der Waals surface area (Å²) >= 11 is 1.58. The molecule has 1 rings (SSSR count). The maximum absolute atomic E-state index is 12.0. The third-order valence-corrected chi connectivity index (χ3v) is 3.94. The molecular weight excluding hydrogens is 276 g/mol. The molecule has 0 saturated heterocycles. The van der Waals surface area contributed by atoms with Gasteiger partial charge in [-0.2, -0.15) is 0 Å². The zero-order chi connectivity index (χ0) is 15.1. The molecule has 0 aliphatic heterocycles. The quantitative estimate of drug-likeness (QED) is 0.724. The molecule has 1 aromatic rings. The van der Waals surface area contributed by atoms with E-state index in [4.69, 9.17) is 5.11 Å². The van der Waals surface area contributed by atoms with E-state index in [0.29, 0.717) is 12.8 Å². The molecule has 6 heteroatoms. The van der Waals surface area contributed by atoms with Crippen molar-refractivity contribution in [2.75, 3.05) is 0 Å². The second-order valence-electron chi connectivity index (χ2n) is 5.03. The Kier molecular flexibility index (Phi) is 6.51. The molecule has 1 aromatic heterocycles. The number of carboxylic acid groups (broad SMARTS) is 1. The molecule has 0 saturated carbocycles. The minimum absolute atomic E-state index is 0.105. The van der Waals surface area contributed by atoms with Crippen molar-refractivity contribution in [2.24, 2.45) is 5.92 Å². The normalized spacial score (nSPS) is 13.8. The number of hydrogen-bond acceptors (Lipinski definition) is 3. The van der Waals surface area contributed by atoms with E-state index in [0.717, 1.165) is 4.88 Å². The van der Waals surface area contributed by atoms with Crippen molar-refractivity contribution >= 4 is 23.3 Å². The van der Waals surface area contributed by atoms with E-state index < -0.39 is 18.0 Å². The Morgan fingerprint density at radius 3 is 2.50 bits per heavy atom. The van der Waals surface area contributed by atoms with Crippen molar-refractivity contribution in [3.8, 4) is 0 Å². The second-order valence-corrected chi connectivity index (χ2v) is 6.01. The molecule has 1 unspecified atom stereocenters. The molecule has 2 amide bonds. The molecule has 2 atom stereocenters. The first-order valence-corrected chi connectivity index (χ1v) is 7.66. The topological polar surface area (TPSA) is 78.4 Å². The predicted molar refractivity (Wildman–Crippen MR) is 79.9 cm³/mol. The van der Waals surface area contributed by atoms with Crippen molar-refractivity contribution in [1.82, 2.24) is 10.6 Å². The number of nitrogens with one attached hydrogen (secondary N) is 2. The fraction of sp³-hybridized carbons (Fsp3) is 0.571. The van der Waals surface area contributed by atoms with Gasteiger partial charge in [-0.3, -0.25) is 0 Å². The molecular formula is C14H22N2O3S. The van der Waals surface area contributed by atoms with Gasteiger partial charge in [-0.05, 0) is 23.8 Å². The van der Waals surface area contributed by atoms with E-state index in [2.05, 4.69) is 10.6 Å². The third kappa shape index (κ3) is 4.85. The summed E-state index contributed by atoms with van der Waals surface area (Å²) in [6.07, 6.45) is 1.13. The number of urea groups is 1. The molecule has 0 spiro atoms. The van der Waals surface area contributed by atoms with Gasteiger partial charge in [0.1, 0.15) is 6.04 Å². The van der Waals surface area contributed by atoms with Crippen LogP contribution in [-0.2, 0) is 4.79 Å². The standard InChI is InChI=1S/C14H22N2O3S/c1-4-6-10(13(17)18)15-14(19)16-12(9(2)3)11-7-5-8-20-11/h5,7-10,12H,4,6H2,1-3H3,(H,17,18)(H2,15,16,19)/t10-,12?/m0/s1. The lowest BCUT2D eigenvalue weighted by Crippen LogP contribution is -2.47. The van der Waals surface area contributed by atoms with Crippen LogP contribution in [0.2, 0.25) is 0 Å². The predicted octanol–water partition coefficient (Wildman–Crippen LogP) is 3.00. The van der Waals surface area contributed by atoms with Crippen molar-refractivity contribution in [3.05, 3.63) is 22.4 Å². The Morgan fingerprint density at radius 1 is 1.35 bits per heavy atom. The van der Waals surface area contributed by atoms with Crippen LogP contribution in [0.4, 0.5) is 4.79 Å². The van der Waals surface area contributed by atoms with Gasteiger partial charge >= 0.3 is 12.0 Å². The Balaban J connectivity index is 2.65. The van der Waals surface area contributed by atoms with Gasteiger partial charge in [0, 0.05) is 4.88 Å². The van der Waals surface area contributed by atoms with Crippen LogP contribution in [0.3, 0.4) is 0 Å². The minimum Gasteiger partial charge on any atom is -0.480 e. The van der Waals surface area contributed by atoms with E-state index in [9.17, 15) is 9.59 Å². The first-order chi connectivity index (χ1) is 9.45. The second kappa shape index (κ2) is 7.89. The van der Waals surface area contributed by atoms with Gasteiger partial charge in [0.2, 0.25) is 0 Å². The highest BCUT2D eigenvalue weighted by Gasteiger charge is 2.23. The minimum atomic E-state index is -1.00. The summed E-state index contributed by atoms with van der Waals surface area (Å²) in [5, 5.41) is 16.4. The van der Waals surface area contributed by atoms with E-state index in [1.165, 1.54) is 0 Å². The van der Waals surface area contributed by atoms with E-state index in [1.807, 2.05) is 38.3 Å². The van der Waals surface area contributed by atoms with Gasteiger partial charge in [0.15, 0.2) is 0 Å². The molecule has 0 fully saturated rings. The van der Waals surface area contributed by atoms with Crippen LogP contribution in [0.25, 0.3) is 0 Å². The number of carbonyl (C=O) groups excluding carboxylic acids is 1. The van der Waals surface area contributed by atoms with Gasteiger partial charge in [0.25, 0.3) is 0 Å².